The lowest BCUT2D eigenvalue weighted by atomic mass is 10.1. The van der Waals surface area contributed by atoms with E-state index in [1.165, 1.54) is 12.0 Å². The van der Waals surface area contributed by atoms with Crippen molar-refractivity contribution >= 4 is 11.6 Å². The van der Waals surface area contributed by atoms with Crippen molar-refractivity contribution in [3.63, 3.8) is 0 Å². The van der Waals surface area contributed by atoms with Crippen LogP contribution in [0.1, 0.15) is 5.56 Å². The fourth-order valence-electron chi connectivity index (χ4n) is 1.61. The first-order valence-electron chi connectivity index (χ1n) is 5.78. The number of anilines is 1. The summed E-state index contributed by atoms with van der Waals surface area (Å²) in [4.78, 5) is 13.4. The number of rotatable bonds is 6. The first-order valence-corrected chi connectivity index (χ1v) is 5.78. The minimum atomic E-state index is -0.657. The van der Waals surface area contributed by atoms with Crippen molar-refractivity contribution in [1.82, 2.24) is 4.90 Å². The summed E-state index contributed by atoms with van der Waals surface area (Å²) in [7, 11) is 3.18. The van der Waals surface area contributed by atoms with Crippen LogP contribution in [-0.2, 0) is 16.0 Å². The maximum atomic E-state index is 11.9. The van der Waals surface area contributed by atoms with Gasteiger partial charge in [-0.2, -0.15) is 0 Å². The van der Waals surface area contributed by atoms with Gasteiger partial charge in [0, 0.05) is 26.4 Å². The lowest BCUT2D eigenvalue weighted by molar-refractivity contribution is -0.130. The van der Waals surface area contributed by atoms with Gasteiger partial charge in [0.05, 0.1) is 19.1 Å². The average Bonchev–Trinajstić information content (AvgIpc) is 2.32. The fourth-order valence-corrected chi connectivity index (χ4v) is 1.61. The molecule has 0 fully saturated rings. The van der Waals surface area contributed by atoms with Crippen molar-refractivity contribution in [2.45, 2.75) is 12.5 Å². The maximum Gasteiger partial charge on any atom is 0.226 e. The molecule has 1 rings (SSSR count). The molecule has 5 nitrogen and oxygen atoms in total. The monoisotopic (exact) mass is 252 g/mol. The van der Waals surface area contributed by atoms with E-state index in [-0.39, 0.29) is 19.1 Å². The molecule has 0 aliphatic rings. The van der Waals surface area contributed by atoms with Crippen molar-refractivity contribution in [3.8, 4) is 0 Å². The molecular weight excluding hydrogens is 232 g/mol. The zero-order valence-corrected chi connectivity index (χ0v) is 10.8. The number of ether oxygens (including phenoxy) is 1. The van der Waals surface area contributed by atoms with E-state index in [1.807, 2.05) is 12.1 Å². The Hall–Kier alpha value is -1.59. The number of nitrogens with two attached hydrogens (primary N) is 1. The zero-order chi connectivity index (χ0) is 13.5. The van der Waals surface area contributed by atoms with E-state index in [1.54, 1.807) is 19.2 Å². The average molecular weight is 252 g/mol. The second-order valence-electron chi connectivity index (χ2n) is 4.30. The standard InChI is InChI=1S/C13H20N2O3/c1-15(8-12(16)9-18-2)13(17)7-10-3-5-11(14)6-4-10/h3-6,12,16H,7-9,14H2,1-2H3. The molecule has 1 amide bonds. The SMILES string of the molecule is COCC(O)CN(C)C(=O)Cc1ccc(N)cc1. The van der Waals surface area contributed by atoms with Crippen LogP contribution in [0, 0.1) is 0 Å². The normalized spacial score (nSPS) is 12.2. The van der Waals surface area contributed by atoms with Gasteiger partial charge in [0.1, 0.15) is 0 Å². The van der Waals surface area contributed by atoms with Crippen LogP contribution in [0.15, 0.2) is 24.3 Å². The van der Waals surface area contributed by atoms with Gasteiger partial charge in [-0.15, -0.1) is 0 Å². The summed E-state index contributed by atoms with van der Waals surface area (Å²) in [5.74, 6) is -0.0464. The summed E-state index contributed by atoms with van der Waals surface area (Å²) >= 11 is 0. The van der Waals surface area contributed by atoms with E-state index < -0.39 is 6.10 Å². The molecule has 0 aliphatic carbocycles. The third-order valence-corrected chi connectivity index (χ3v) is 2.60. The molecule has 0 saturated heterocycles. The second kappa shape index (κ2) is 6.98. The minimum absolute atomic E-state index is 0.0464. The Bertz CT molecular complexity index is 378. The van der Waals surface area contributed by atoms with Gasteiger partial charge in [-0.1, -0.05) is 12.1 Å². The Morgan fingerprint density at radius 3 is 2.61 bits per heavy atom. The number of amides is 1. The van der Waals surface area contributed by atoms with Gasteiger partial charge in [-0.05, 0) is 17.7 Å². The molecule has 1 unspecified atom stereocenters. The number of benzene rings is 1. The predicted molar refractivity (Wildman–Crippen MR) is 70.1 cm³/mol. The largest absolute Gasteiger partial charge is 0.399 e. The van der Waals surface area contributed by atoms with Crippen LogP contribution in [0.2, 0.25) is 0 Å². The van der Waals surface area contributed by atoms with Crippen LogP contribution in [0.4, 0.5) is 5.69 Å². The van der Waals surface area contributed by atoms with Crippen LogP contribution in [0.25, 0.3) is 0 Å². The quantitative estimate of drug-likeness (QED) is 0.713. The van der Waals surface area contributed by atoms with E-state index in [0.717, 1.165) is 5.56 Å². The van der Waals surface area contributed by atoms with Gasteiger partial charge < -0.3 is 20.5 Å². The molecule has 1 aromatic rings. The van der Waals surface area contributed by atoms with Crippen LogP contribution < -0.4 is 5.73 Å². The molecule has 0 aromatic heterocycles. The van der Waals surface area contributed by atoms with Gasteiger partial charge in [0.2, 0.25) is 5.91 Å². The smallest absolute Gasteiger partial charge is 0.226 e. The third-order valence-electron chi connectivity index (χ3n) is 2.60. The summed E-state index contributed by atoms with van der Waals surface area (Å²) in [5, 5.41) is 9.54. The lowest BCUT2D eigenvalue weighted by Gasteiger charge is -2.20. The number of hydrogen-bond acceptors (Lipinski definition) is 4. The van der Waals surface area contributed by atoms with E-state index >= 15 is 0 Å². The molecule has 0 aliphatic heterocycles. The van der Waals surface area contributed by atoms with Gasteiger partial charge in [-0.25, -0.2) is 0 Å². The van der Waals surface area contributed by atoms with E-state index in [2.05, 4.69) is 0 Å². The maximum absolute atomic E-state index is 11.9. The molecule has 1 atom stereocenters. The zero-order valence-electron chi connectivity index (χ0n) is 10.8. The van der Waals surface area contributed by atoms with Crippen molar-refractivity contribution in [3.05, 3.63) is 29.8 Å². The Balaban J connectivity index is 2.46. The van der Waals surface area contributed by atoms with Crippen LogP contribution in [0.5, 0.6) is 0 Å². The molecular formula is C13H20N2O3. The molecule has 0 radical (unpaired) electrons. The number of aliphatic hydroxyl groups excluding tert-OH is 1. The molecule has 18 heavy (non-hydrogen) atoms. The van der Waals surface area contributed by atoms with E-state index in [0.29, 0.717) is 12.1 Å². The van der Waals surface area contributed by atoms with Crippen LogP contribution in [-0.4, -0.2) is 49.3 Å². The number of carbonyl (C=O) groups is 1. The molecule has 0 bridgehead atoms. The third kappa shape index (κ3) is 4.73. The summed E-state index contributed by atoms with van der Waals surface area (Å²) in [6.45, 7) is 0.487. The van der Waals surface area contributed by atoms with Crippen molar-refractivity contribution < 1.29 is 14.6 Å². The summed E-state index contributed by atoms with van der Waals surface area (Å²) in [6.07, 6.45) is -0.355. The molecule has 0 saturated carbocycles. The predicted octanol–water partition coefficient (Wildman–Crippen LogP) is 0.277. The summed E-state index contributed by atoms with van der Waals surface area (Å²) < 4.78 is 4.81. The summed E-state index contributed by atoms with van der Waals surface area (Å²) in [5.41, 5.74) is 7.16. The first kappa shape index (κ1) is 14.5. The number of nitrogen functional groups attached to an aromatic ring is 1. The molecule has 1 aromatic carbocycles. The van der Waals surface area contributed by atoms with Crippen molar-refractivity contribution in [1.29, 1.82) is 0 Å². The highest BCUT2D eigenvalue weighted by molar-refractivity contribution is 5.78. The fraction of sp³-hybridized carbons (Fsp3) is 0.462. The number of likely N-dealkylation sites (N-methyl/N-ethyl adjacent to an activating group) is 1. The number of nitrogens with zero attached hydrogens (tertiary/aromatic N) is 1. The highest BCUT2D eigenvalue weighted by Crippen LogP contribution is 2.07. The van der Waals surface area contributed by atoms with Gasteiger partial charge in [-0.3, -0.25) is 4.79 Å². The molecule has 3 N–H and O–H groups in total. The number of aliphatic hydroxyl groups is 1. The Kier molecular flexibility index (Phi) is 5.61. The number of methoxy groups -OCH3 is 1. The molecule has 100 valence electrons. The second-order valence-corrected chi connectivity index (χ2v) is 4.30. The lowest BCUT2D eigenvalue weighted by Crippen LogP contribution is -2.37. The minimum Gasteiger partial charge on any atom is -0.399 e. The molecule has 0 heterocycles. The summed E-state index contributed by atoms with van der Waals surface area (Å²) in [6, 6.07) is 7.18. The Morgan fingerprint density at radius 1 is 1.44 bits per heavy atom. The van der Waals surface area contributed by atoms with Crippen molar-refractivity contribution in [2.75, 3.05) is 33.0 Å². The Labute approximate surface area is 107 Å². The van der Waals surface area contributed by atoms with Gasteiger partial charge in [0.15, 0.2) is 0 Å². The number of hydrogen-bond donors (Lipinski definition) is 2. The molecule has 0 spiro atoms. The van der Waals surface area contributed by atoms with Gasteiger partial charge in [0.25, 0.3) is 0 Å². The van der Waals surface area contributed by atoms with Crippen LogP contribution in [0.3, 0.4) is 0 Å². The number of carbonyl (C=O) groups excluding carboxylic acids is 1. The highest BCUT2D eigenvalue weighted by Gasteiger charge is 2.13. The first-order chi connectivity index (χ1) is 8.52. The van der Waals surface area contributed by atoms with Gasteiger partial charge >= 0.3 is 0 Å². The topological polar surface area (TPSA) is 75.8 Å². The van der Waals surface area contributed by atoms with Crippen molar-refractivity contribution in [2.24, 2.45) is 0 Å². The van der Waals surface area contributed by atoms with E-state index in [9.17, 15) is 9.90 Å². The molecule has 5 heteroatoms. The highest BCUT2D eigenvalue weighted by atomic mass is 16.5. The van der Waals surface area contributed by atoms with E-state index in [4.69, 9.17) is 10.5 Å². The van der Waals surface area contributed by atoms with Crippen LogP contribution >= 0.6 is 0 Å². The Morgan fingerprint density at radius 2 is 2.06 bits per heavy atom.